The first-order valence-electron chi connectivity index (χ1n) is 17.3. The molecular formula is C38H45N7O4S. The number of rotatable bonds is 13. The summed E-state index contributed by atoms with van der Waals surface area (Å²) in [5.41, 5.74) is 7.85. The number of aryl methyl sites for hydroxylation is 1. The number of aromatic nitrogens is 1. The van der Waals surface area contributed by atoms with Crippen molar-refractivity contribution in [1.82, 2.24) is 25.0 Å². The van der Waals surface area contributed by atoms with E-state index in [0.29, 0.717) is 37.5 Å². The van der Waals surface area contributed by atoms with Crippen molar-refractivity contribution in [3.05, 3.63) is 101 Å². The van der Waals surface area contributed by atoms with Crippen molar-refractivity contribution < 1.29 is 19.5 Å². The van der Waals surface area contributed by atoms with Crippen LogP contribution in [0.15, 0.2) is 84.4 Å². The van der Waals surface area contributed by atoms with Crippen molar-refractivity contribution >= 4 is 45.8 Å². The zero-order valence-corrected chi connectivity index (χ0v) is 28.9. The summed E-state index contributed by atoms with van der Waals surface area (Å²) in [5.74, 6) is -0.824. The molecule has 50 heavy (non-hydrogen) atoms. The van der Waals surface area contributed by atoms with Crippen molar-refractivity contribution in [2.45, 2.75) is 56.7 Å². The lowest BCUT2D eigenvalue weighted by Gasteiger charge is -2.40. The van der Waals surface area contributed by atoms with Crippen LogP contribution in [0.1, 0.15) is 47.9 Å². The third-order valence-electron chi connectivity index (χ3n) is 9.79. The number of aliphatic hydroxyl groups is 1. The average molecular weight is 696 g/mol. The molecule has 0 radical (unpaired) electrons. The Balaban J connectivity index is 1.19. The van der Waals surface area contributed by atoms with Crippen LogP contribution in [0.3, 0.4) is 0 Å². The number of thiazole rings is 1. The molecule has 5 N–H and O–H groups in total. The number of nitrogens with zero attached hydrogens (tertiary/aromatic N) is 4. The number of benzene rings is 3. The number of nitrogens with two attached hydrogens (primary N) is 1. The Morgan fingerprint density at radius 2 is 1.84 bits per heavy atom. The van der Waals surface area contributed by atoms with Gasteiger partial charge in [0.15, 0.2) is 5.96 Å². The minimum Gasteiger partial charge on any atom is -0.384 e. The number of carbonyl (C=O) groups is 3. The second-order valence-electron chi connectivity index (χ2n) is 13.3. The molecule has 262 valence electrons. The molecule has 2 aliphatic heterocycles. The van der Waals surface area contributed by atoms with Crippen LogP contribution in [0.2, 0.25) is 0 Å². The number of hydrogen-bond donors (Lipinski definition) is 4. The third kappa shape index (κ3) is 8.67. The van der Waals surface area contributed by atoms with Crippen LogP contribution in [-0.2, 0) is 27.2 Å². The van der Waals surface area contributed by atoms with Crippen LogP contribution in [0, 0.1) is 11.3 Å². The van der Waals surface area contributed by atoms with Gasteiger partial charge in [0, 0.05) is 37.6 Å². The van der Waals surface area contributed by atoms with E-state index in [1.54, 1.807) is 16.5 Å². The third-order valence-corrected chi connectivity index (χ3v) is 10.6. The second-order valence-corrected chi connectivity index (χ2v) is 14.3. The normalized spacial score (nSPS) is 19.4. The first-order valence-corrected chi connectivity index (χ1v) is 18.2. The number of nitrogens with one attached hydrogen (secondary N) is 2. The van der Waals surface area contributed by atoms with E-state index in [4.69, 9.17) is 11.1 Å². The summed E-state index contributed by atoms with van der Waals surface area (Å²) in [6.07, 6.45) is 4.48. The van der Waals surface area contributed by atoms with Crippen LogP contribution in [0.5, 0.6) is 0 Å². The Bertz CT molecular complexity index is 1790. The summed E-state index contributed by atoms with van der Waals surface area (Å²) in [5, 5.41) is 26.6. The monoisotopic (exact) mass is 695 g/mol. The molecule has 1 aromatic heterocycles. The quantitative estimate of drug-likeness (QED) is 0.123. The number of piperidine rings is 1. The van der Waals surface area contributed by atoms with E-state index in [2.05, 4.69) is 22.4 Å². The van der Waals surface area contributed by atoms with Crippen molar-refractivity contribution in [3.63, 3.8) is 0 Å². The lowest BCUT2D eigenvalue weighted by atomic mass is 9.89. The van der Waals surface area contributed by atoms with Gasteiger partial charge in [-0.2, -0.15) is 0 Å². The molecule has 4 atom stereocenters. The minimum atomic E-state index is -1.06. The molecule has 6 rings (SSSR count). The first-order chi connectivity index (χ1) is 24.2. The van der Waals surface area contributed by atoms with Gasteiger partial charge in [-0.05, 0) is 59.9 Å². The summed E-state index contributed by atoms with van der Waals surface area (Å²) in [6, 6.07) is 22.5. The number of fused-ring (bicyclic) bond motifs is 1. The number of piperazine rings is 1. The summed E-state index contributed by atoms with van der Waals surface area (Å²) in [4.78, 5) is 50.9. The van der Waals surface area contributed by atoms with Gasteiger partial charge in [-0.15, -0.1) is 11.3 Å². The van der Waals surface area contributed by atoms with Gasteiger partial charge in [-0.3, -0.25) is 19.8 Å². The second kappa shape index (κ2) is 16.3. The number of hydrogen-bond acceptors (Lipinski definition) is 7. The molecule has 4 unspecified atom stereocenters. The summed E-state index contributed by atoms with van der Waals surface area (Å²) < 4.78 is 0. The summed E-state index contributed by atoms with van der Waals surface area (Å²) >= 11 is 1.31. The maximum Gasteiger partial charge on any atom is 0.246 e. The smallest absolute Gasteiger partial charge is 0.246 e. The average Bonchev–Trinajstić information content (AvgIpc) is 3.67. The molecular weight excluding hydrogens is 651 g/mol. The number of guanidine groups is 1. The van der Waals surface area contributed by atoms with E-state index in [9.17, 15) is 19.5 Å². The molecule has 4 aromatic rings. The number of likely N-dealkylation sites (tertiary alicyclic amines) is 1. The fraction of sp³-hybridized carbons (Fsp3) is 0.395. The summed E-state index contributed by atoms with van der Waals surface area (Å²) in [7, 11) is 0. The van der Waals surface area contributed by atoms with Crippen LogP contribution in [0.25, 0.3) is 10.8 Å². The Labute approximate surface area is 296 Å². The molecule has 2 aliphatic rings. The van der Waals surface area contributed by atoms with E-state index >= 15 is 0 Å². The highest BCUT2D eigenvalue weighted by Crippen LogP contribution is 2.28. The zero-order valence-electron chi connectivity index (χ0n) is 28.1. The lowest BCUT2D eigenvalue weighted by Crippen LogP contribution is -2.62. The van der Waals surface area contributed by atoms with Gasteiger partial charge in [0.2, 0.25) is 17.7 Å². The maximum absolute atomic E-state index is 14.1. The minimum absolute atomic E-state index is 0.00982. The maximum atomic E-state index is 14.1. The Morgan fingerprint density at radius 1 is 1.06 bits per heavy atom. The van der Waals surface area contributed by atoms with E-state index in [1.807, 2.05) is 65.6 Å². The number of carbonyl (C=O) groups excluding carboxylic acids is 3. The van der Waals surface area contributed by atoms with E-state index < -0.39 is 24.1 Å². The van der Waals surface area contributed by atoms with Gasteiger partial charge in [-0.1, -0.05) is 72.8 Å². The molecule has 11 nitrogen and oxygen atoms in total. The SMILES string of the molecule is N=C(N)N1CCCC(CC(NC(=O)CN2C(=O)CN(CCCc3ccccc3)C(=O)C2Cc2ccc3ccccc3c2)C(O)c2nccs2)C1. The summed E-state index contributed by atoms with van der Waals surface area (Å²) in [6.45, 7) is 1.29. The predicted molar refractivity (Wildman–Crippen MR) is 194 cm³/mol. The number of aliphatic hydroxyl groups excluding tert-OH is 1. The largest absolute Gasteiger partial charge is 0.384 e. The molecule has 12 heteroatoms. The van der Waals surface area contributed by atoms with Crippen LogP contribution < -0.4 is 11.1 Å². The van der Waals surface area contributed by atoms with Crippen molar-refractivity contribution in [2.24, 2.45) is 11.7 Å². The number of amides is 3. The zero-order chi connectivity index (χ0) is 35.0. The standard InChI is InChI=1S/C38H45N7O4S/c39-38(40)44-18-7-11-28(23-44)21-31(35(48)36-41-16-19-50-36)42-33(46)24-45-32(22-27-14-15-29-12-4-5-13-30(29)20-27)37(49)43(25-34(45)47)17-6-10-26-8-2-1-3-9-26/h1-5,8-9,12-16,19-20,28,31-32,35,48H,6-7,10-11,17-18,21-25H2,(H3,39,40)(H,42,46). The van der Waals surface area contributed by atoms with E-state index in [0.717, 1.165) is 35.6 Å². The molecule has 0 spiro atoms. The lowest BCUT2D eigenvalue weighted by molar-refractivity contribution is -0.157. The van der Waals surface area contributed by atoms with Crippen molar-refractivity contribution in [1.29, 1.82) is 5.41 Å². The molecule has 3 heterocycles. The van der Waals surface area contributed by atoms with Crippen LogP contribution in [-0.4, -0.2) is 93.3 Å². The molecule has 3 aromatic carbocycles. The highest BCUT2D eigenvalue weighted by atomic mass is 32.1. The molecule has 0 saturated carbocycles. The fourth-order valence-electron chi connectivity index (χ4n) is 7.20. The highest BCUT2D eigenvalue weighted by Gasteiger charge is 2.40. The van der Waals surface area contributed by atoms with Gasteiger partial charge >= 0.3 is 0 Å². The van der Waals surface area contributed by atoms with Gasteiger partial charge < -0.3 is 30.9 Å². The van der Waals surface area contributed by atoms with Crippen LogP contribution in [0.4, 0.5) is 0 Å². The van der Waals surface area contributed by atoms with Gasteiger partial charge in [0.25, 0.3) is 0 Å². The Kier molecular flexibility index (Phi) is 11.4. The van der Waals surface area contributed by atoms with Crippen molar-refractivity contribution in [2.75, 3.05) is 32.7 Å². The fourth-order valence-corrected chi connectivity index (χ4v) is 7.89. The van der Waals surface area contributed by atoms with Gasteiger partial charge in [0.05, 0.1) is 12.6 Å². The topological polar surface area (TPSA) is 156 Å². The molecule has 3 amide bonds. The van der Waals surface area contributed by atoms with Gasteiger partial charge in [0.1, 0.15) is 23.7 Å². The van der Waals surface area contributed by atoms with Crippen LogP contribution >= 0.6 is 11.3 Å². The molecule has 0 aliphatic carbocycles. The Hall–Kier alpha value is -4.81. The first kappa shape index (κ1) is 35.0. The van der Waals surface area contributed by atoms with Crippen molar-refractivity contribution in [3.8, 4) is 0 Å². The predicted octanol–water partition coefficient (Wildman–Crippen LogP) is 3.72. The van der Waals surface area contributed by atoms with E-state index in [1.165, 1.54) is 21.8 Å². The molecule has 2 fully saturated rings. The Morgan fingerprint density at radius 3 is 2.60 bits per heavy atom. The molecule has 2 saturated heterocycles. The molecule has 0 bridgehead atoms. The van der Waals surface area contributed by atoms with Gasteiger partial charge in [-0.25, -0.2) is 4.98 Å². The van der Waals surface area contributed by atoms with E-state index in [-0.39, 0.29) is 43.2 Å². The highest BCUT2D eigenvalue weighted by molar-refractivity contribution is 7.09.